The zero-order valence-corrected chi connectivity index (χ0v) is 13.2. The number of benzene rings is 1. The van der Waals surface area contributed by atoms with Crippen LogP contribution >= 0.6 is 23.2 Å². The summed E-state index contributed by atoms with van der Waals surface area (Å²) in [5.41, 5.74) is 1.59. The average Bonchev–Trinajstić information content (AvgIpc) is 2.42. The molecular weight excluding hydrogens is 309 g/mol. The molecule has 0 fully saturated rings. The molecule has 0 aliphatic heterocycles. The Bertz CT molecular complexity index is 659. The number of aromatic nitrogens is 1. The number of pyridine rings is 1. The van der Waals surface area contributed by atoms with Gasteiger partial charge in [0, 0.05) is 22.9 Å². The number of nitrogens with zero attached hydrogens (tertiary/aromatic N) is 1. The summed E-state index contributed by atoms with van der Waals surface area (Å²) in [5, 5.41) is 6.84. The molecule has 0 bridgehead atoms. The first-order chi connectivity index (χ1) is 9.95. The fourth-order valence-corrected chi connectivity index (χ4v) is 2.09. The van der Waals surface area contributed by atoms with Crippen molar-refractivity contribution >= 4 is 40.5 Å². The Balaban J connectivity index is 2.18. The zero-order chi connectivity index (χ0) is 15.4. The van der Waals surface area contributed by atoms with Crippen molar-refractivity contribution in [2.45, 2.75) is 19.9 Å². The van der Waals surface area contributed by atoms with Crippen molar-refractivity contribution in [1.82, 2.24) is 4.98 Å². The molecule has 0 aliphatic carbocycles. The molecule has 2 rings (SSSR count). The van der Waals surface area contributed by atoms with Crippen molar-refractivity contribution in [3.63, 3.8) is 0 Å². The van der Waals surface area contributed by atoms with Crippen LogP contribution in [0.15, 0.2) is 36.5 Å². The van der Waals surface area contributed by atoms with E-state index >= 15 is 0 Å². The van der Waals surface area contributed by atoms with Gasteiger partial charge in [-0.3, -0.25) is 9.78 Å². The highest BCUT2D eigenvalue weighted by Gasteiger charge is 2.11. The molecule has 0 spiro atoms. The maximum absolute atomic E-state index is 12.2. The minimum atomic E-state index is -0.341. The highest BCUT2D eigenvalue weighted by atomic mass is 35.5. The summed E-state index contributed by atoms with van der Waals surface area (Å²) in [5.74, 6) is -0.341. The van der Waals surface area contributed by atoms with Crippen LogP contribution in [0.2, 0.25) is 10.0 Å². The Morgan fingerprint density at radius 3 is 2.67 bits per heavy atom. The number of carbonyl (C=O) groups is 1. The normalized spacial score (nSPS) is 10.5. The summed E-state index contributed by atoms with van der Waals surface area (Å²) >= 11 is 11.9. The number of hydrogen-bond acceptors (Lipinski definition) is 3. The number of amides is 1. The van der Waals surface area contributed by atoms with E-state index in [0.29, 0.717) is 21.4 Å². The Morgan fingerprint density at radius 1 is 1.19 bits per heavy atom. The Labute approximate surface area is 133 Å². The van der Waals surface area contributed by atoms with E-state index in [2.05, 4.69) is 15.6 Å². The summed E-state index contributed by atoms with van der Waals surface area (Å²) in [6.07, 6.45) is 1.58. The van der Waals surface area contributed by atoms with Gasteiger partial charge in [0.1, 0.15) is 5.69 Å². The van der Waals surface area contributed by atoms with Gasteiger partial charge in [-0.25, -0.2) is 0 Å². The van der Waals surface area contributed by atoms with E-state index in [1.165, 1.54) is 0 Å². The molecule has 1 amide bonds. The predicted molar refractivity (Wildman–Crippen MR) is 87.4 cm³/mol. The van der Waals surface area contributed by atoms with E-state index in [4.69, 9.17) is 23.2 Å². The van der Waals surface area contributed by atoms with E-state index < -0.39 is 0 Å². The molecule has 2 N–H and O–H groups in total. The van der Waals surface area contributed by atoms with Crippen molar-refractivity contribution < 1.29 is 4.79 Å². The maximum atomic E-state index is 12.2. The molecule has 1 heterocycles. The lowest BCUT2D eigenvalue weighted by atomic mass is 10.2. The molecule has 110 valence electrons. The molecule has 0 unspecified atom stereocenters. The van der Waals surface area contributed by atoms with E-state index in [1.54, 1.807) is 30.5 Å². The quantitative estimate of drug-likeness (QED) is 0.873. The summed E-state index contributed by atoms with van der Waals surface area (Å²) in [4.78, 5) is 16.3. The second-order valence-electron chi connectivity index (χ2n) is 4.81. The number of anilines is 2. The van der Waals surface area contributed by atoms with E-state index in [-0.39, 0.29) is 11.9 Å². The SMILES string of the molecule is CC(C)Nc1ccnc(C(=O)Nc2cc(Cl)ccc2Cl)c1. The molecule has 6 heteroatoms. The van der Waals surface area contributed by atoms with Gasteiger partial charge in [0.25, 0.3) is 5.91 Å². The molecule has 0 saturated carbocycles. The summed E-state index contributed by atoms with van der Waals surface area (Å²) < 4.78 is 0. The van der Waals surface area contributed by atoms with Crippen LogP contribution in [0.1, 0.15) is 24.3 Å². The first-order valence-electron chi connectivity index (χ1n) is 6.44. The second-order valence-corrected chi connectivity index (χ2v) is 5.65. The van der Waals surface area contributed by atoms with Gasteiger partial charge in [-0.2, -0.15) is 0 Å². The topological polar surface area (TPSA) is 54.0 Å². The van der Waals surface area contributed by atoms with Crippen molar-refractivity contribution in [2.75, 3.05) is 10.6 Å². The van der Waals surface area contributed by atoms with Crippen molar-refractivity contribution in [2.24, 2.45) is 0 Å². The fraction of sp³-hybridized carbons (Fsp3) is 0.200. The van der Waals surface area contributed by atoms with Gasteiger partial charge < -0.3 is 10.6 Å². The smallest absolute Gasteiger partial charge is 0.274 e. The highest BCUT2D eigenvalue weighted by Crippen LogP contribution is 2.25. The van der Waals surface area contributed by atoms with Crippen LogP contribution in [-0.2, 0) is 0 Å². The third-order valence-corrected chi connectivity index (χ3v) is 3.19. The number of rotatable bonds is 4. The fourth-order valence-electron chi connectivity index (χ4n) is 1.76. The molecule has 0 atom stereocenters. The largest absolute Gasteiger partial charge is 0.383 e. The second kappa shape index (κ2) is 6.78. The van der Waals surface area contributed by atoms with Crippen LogP contribution in [-0.4, -0.2) is 16.9 Å². The van der Waals surface area contributed by atoms with Crippen molar-refractivity contribution in [3.8, 4) is 0 Å². The van der Waals surface area contributed by atoms with E-state index in [1.807, 2.05) is 19.9 Å². The molecule has 0 saturated heterocycles. The first kappa shape index (κ1) is 15.6. The molecule has 0 aliphatic rings. The van der Waals surface area contributed by atoms with Gasteiger partial charge >= 0.3 is 0 Å². The van der Waals surface area contributed by atoms with Gasteiger partial charge in [-0.05, 0) is 44.2 Å². The number of nitrogens with one attached hydrogen (secondary N) is 2. The van der Waals surface area contributed by atoms with E-state index in [9.17, 15) is 4.79 Å². The van der Waals surface area contributed by atoms with Crippen LogP contribution in [0.4, 0.5) is 11.4 Å². The first-order valence-corrected chi connectivity index (χ1v) is 7.20. The third kappa shape index (κ3) is 4.34. The van der Waals surface area contributed by atoms with Gasteiger partial charge in [0.15, 0.2) is 0 Å². The lowest BCUT2D eigenvalue weighted by Gasteiger charge is -2.11. The molecule has 1 aromatic carbocycles. The molecule has 0 radical (unpaired) electrons. The molecule has 1 aromatic heterocycles. The van der Waals surface area contributed by atoms with Crippen LogP contribution in [0.3, 0.4) is 0 Å². The van der Waals surface area contributed by atoms with Gasteiger partial charge in [-0.15, -0.1) is 0 Å². The zero-order valence-electron chi connectivity index (χ0n) is 11.7. The lowest BCUT2D eigenvalue weighted by molar-refractivity contribution is 0.102. The maximum Gasteiger partial charge on any atom is 0.274 e. The number of halogens is 2. The number of carbonyl (C=O) groups excluding carboxylic acids is 1. The van der Waals surface area contributed by atoms with Gasteiger partial charge in [-0.1, -0.05) is 23.2 Å². The number of hydrogen-bond donors (Lipinski definition) is 2. The Hall–Kier alpha value is -1.78. The standard InChI is InChI=1S/C15H15Cl2N3O/c1-9(2)19-11-5-6-18-14(8-11)15(21)20-13-7-10(16)3-4-12(13)17/h3-9H,1-2H3,(H,18,19)(H,20,21). The average molecular weight is 324 g/mol. The van der Waals surface area contributed by atoms with Crippen LogP contribution in [0, 0.1) is 0 Å². The molecule has 21 heavy (non-hydrogen) atoms. The lowest BCUT2D eigenvalue weighted by Crippen LogP contribution is -2.15. The Morgan fingerprint density at radius 2 is 1.95 bits per heavy atom. The van der Waals surface area contributed by atoms with Crippen molar-refractivity contribution in [1.29, 1.82) is 0 Å². The monoisotopic (exact) mass is 323 g/mol. The van der Waals surface area contributed by atoms with Crippen molar-refractivity contribution in [3.05, 3.63) is 52.3 Å². The molecule has 4 nitrogen and oxygen atoms in total. The predicted octanol–water partition coefficient (Wildman–Crippen LogP) is 4.46. The highest BCUT2D eigenvalue weighted by molar-refractivity contribution is 6.35. The minimum Gasteiger partial charge on any atom is -0.383 e. The van der Waals surface area contributed by atoms with Crippen LogP contribution < -0.4 is 10.6 Å². The summed E-state index contributed by atoms with van der Waals surface area (Å²) in [7, 11) is 0. The minimum absolute atomic E-state index is 0.269. The third-order valence-electron chi connectivity index (χ3n) is 2.62. The van der Waals surface area contributed by atoms with Crippen LogP contribution in [0.5, 0.6) is 0 Å². The molecular formula is C15H15Cl2N3O. The van der Waals surface area contributed by atoms with Crippen LogP contribution in [0.25, 0.3) is 0 Å². The van der Waals surface area contributed by atoms with Gasteiger partial charge in [0.2, 0.25) is 0 Å². The summed E-state index contributed by atoms with van der Waals surface area (Å²) in [6.45, 7) is 4.04. The molecule has 2 aromatic rings. The summed E-state index contributed by atoms with van der Waals surface area (Å²) in [6, 6.07) is 8.65. The Kier molecular flexibility index (Phi) is 5.04. The van der Waals surface area contributed by atoms with Gasteiger partial charge in [0.05, 0.1) is 10.7 Å². The van der Waals surface area contributed by atoms with E-state index in [0.717, 1.165) is 5.69 Å².